The fraction of sp³-hybridized carbons (Fsp3) is 0.833. The largest absolute Gasteiger partial charge is 0.356 e. The van der Waals surface area contributed by atoms with Gasteiger partial charge < -0.3 is 20.1 Å². The average molecular weight is 350 g/mol. The summed E-state index contributed by atoms with van der Waals surface area (Å²) in [6.45, 7) is 13.0. The Kier molecular flexibility index (Phi) is 8.18. The van der Waals surface area contributed by atoms with Crippen LogP contribution in [0.4, 0.5) is 0 Å². The van der Waals surface area contributed by atoms with E-state index in [9.17, 15) is 0 Å². The van der Waals surface area contributed by atoms with Crippen molar-refractivity contribution in [2.45, 2.75) is 46.6 Å². The molecule has 1 fully saturated rings. The molecule has 0 radical (unpaired) electrons. The number of aryl methyl sites for hydroxylation is 1. The Balaban J connectivity index is 1.69. The van der Waals surface area contributed by atoms with Crippen LogP contribution in [0.25, 0.3) is 0 Å². The van der Waals surface area contributed by atoms with E-state index in [0.29, 0.717) is 5.92 Å². The Labute approximate surface area is 152 Å². The summed E-state index contributed by atoms with van der Waals surface area (Å²) in [5.41, 5.74) is 0. The fourth-order valence-electron chi connectivity index (χ4n) is 3.50. The number of aliphatic imine (C=N–C) groups is 1. The van der Waals surface area contributed by atoms with Gasteiger partial charge in [-0.05, 0) is 31.2 Å². The second kappa shape index (κ2) is 10.4. The van der Waals surface area contributed by atoms with E-state index in [0.717, 1.165) is 43.8 Å². The highest BCUT2D eigenvalue weighted by Crippen LogP contribution is 2.16. The molecule has 1 aliphatic heterocycles. The van der Waals surface area contributed by atoms with Crippen molar-refractivity contribution >= 4 is 5.96 Å². The van der Waals surface area contributed by atoms with E-state index in [4.69, 9.17) is 0 Å². The van der Waals surface area contributed by atoms with Crippen molar-refractivity contribution in [1.29, 1.82) is 0 Å². The van der Waals surface area contributed by atoms with Crippen LogP contribution in [0.3, 0.4) is 0 Å². The number of likely N-dealkylation sites (tertiary alicyclic amines) is 1. The quantitative estimate of drug-likeness (QED) is 0.548. The van der Waals surface area contributed by atoms with E-state index < -0.39 is 0 Å². The SMILES string of the molecule is CCc1nncn1CCNC(=NC)NCC1CCCN(CC(C)C)C1. The molecule has 1 aromatic rings. The standard InChI is InChI=1S/C18H35N7/c1-5-17-23-22-14-25(17)10-8-20-18(19-4)21-11-16-7-6-9-24(13-16)12-15(2)3/h14-16H,5-13H2,1-4H3,(H2,19,20,21). The second-order valence-corrected chi connectivity index (χ2v) is 7.34. The van der Waals surface area contributed by atoms with Gasteiger partial charge in [0.1, 0.15) is 12.2 Å². The van der Waals surface area contributed by atoms with Crippen LogP contribution in [0.5, 0.6) is 0 Å². The number of aromatic nitrogens is 3. The minimum atomic E-state index is 0.704. The van der Waals surface area contributed by atoms with E-state index >= 15 is 0 Å². The predicted octanol–water partition coefficient (Wildman–Crippen LogP) is 1.37. The molecule has 1 aliphatic rings. The van der Waals surface area contributed by atoms with Gasteiger partial charge in [-0.25, -0.2) is 0 Å². The van der Waals surface area contributed by atoms with Crippen LogP contribution in [0.15, 0.2) is 11.3 Å². The molecular formula is C18H35N7. The first kappa shape index (κ1) is 19.7. The molecule has 0 spiro atoms. The minimum Gasteiger partial charge on any atom is -0.356 e. The molecule has 25 heavy (non-hydrogen) atoms. The van der Waals surface area contributed by atoms with E-state index in [1.54, 1.807) is 6.33 Å². The highest BCUT2D eigenvalue weighted by molar-refractivity contribution is 5.79. The molecule has 0 aromatic carbocycles. The van der Waals surface area contributed by atoms with Crippen molar-refractivity contribution in [1.82, 2.24) is 30.3 Å². The summed E-state index contributed by atoms with van der Waals surface area (Å²) >= 11 is 0. The maximum Gasteiger partial charge on any atom is 0.191 e. The topological polar surface area (TPSA) is 70.4 Å². The number of nitrogens with one attached hydrogen (secondary N) is 2. The summed E-state index contributed by atoms with van der Waals surface area (Å²) in [5.74, 6) is 3.35. The zero-order chi connectivity index (χ0) is 18.1. The van der Waals surface area contributed by atoms with Crippen LogP contribution < -0.4 is 10.6 Å². The lowest BCUT2D eigenvalue weighted by molar-refractivity contribution is 0.159. The summed E-state index contributed by atoms with van der Waals surface area (Å²) in [4.78, 5) is 6.95. The molecule has 2 heterocycles. The predicted molar refractivity (Wildman–Crippen MR) is 103 cm³/mol. The van der Waals surface area contributed by atoms with Gasteiger partial charge >= 0.3 is 0 Å². The number of hydrogen-bond donors (Lipinski definition) is 2. The highest BCUT2D eigenvalue weighted by atomic mass is 15.3. The average Bonchev–Trinajstić information content (AvgIpc) is 3.05. The fourth-order valence-corrected chi connectivity index (χ4v) is 3.50. The molecule has 1 saturated heterocycles. The third kappa shape index (κ3) is 6.65. The monoisotopic (exact) mass is 349 g/mol. The molecule has 1 unspecified atom stereocenters. The molecule has 0 bridgehead atoms. The lowest BCUT2D eigenvalue weighted by atomic mass is 9.97. The summed E-state index contributed by atoms with van der Waals surface area (Å²) in [7, 11) is 1.83. The zero-order valence-electron chi connectivity index (χ0n) is 16.3. The molecule has 2 rings (SSSR count). The summed E-state index contributed by atoms with van der Waals surface area (Å²) < 4.78 is 2.09. The number of rotatable bonds is 8. The summed E-state index contributed by atoms with van der Waals surface area (Å²) in [6.07, 6.45) is 5.31. The molecular weight excluding hydrogens is 314 g/mol. The Morgan fingerprint density at radius 2 is 2.24 bits per heavy atom. The first-order valence-corrected chi connectivity index (χ1v) is 9.65. The third-order valence-corrected chi connectivity index (χ3v) is 4.67. The van der Waals surface area contributed by atoms with Crippen LogP contribution in [0.2, 0.25) is 0 Å². The van der Waals surface area contributed by atoms with Crippen molar-refractivity contribution in [2.24, 2.45) is 16.8 Å². The van der Waals surface area contributed by atoms with Crippen molar-refractivity contribution in [3.05, 3.63) is 12.2 Å². The molecule has 0 saturated carbocycles. The lowest BCUT2D eigenvalue weighted by Crippen LogP contribution is -2.45. The third-order valence-electron chi connectivity index (χ3n) is 4.67. The Morgan fingerprint density at radius 3 is 2.96 bits per heavy atom. The van der Waals surface area contributed by atoms with Gasteiger partial charge in [-0.15, -0.1) is 10.2 Å². The van der Waals surface area contributed by atoms with Gasteiger partial charge in [-0.2, -0.15) is 0 Å². The van der Waals surface area contributed by atoms with Crippen LogP contribution in [0.1, 0.15) is 39.4 Å². The van der Waals surface area contributed by atoms with E-state index in [2.05, 4.69) is 56.1 Å². The molecule has 1 atom stereocenters. The van der Waals surface area contributed by atoms with Crippen LogP contribution in [0, 0.1) is 11.8 Å². The molecule has 142 valence electrons. The minimum absolute atomic E-state index is 0.704. The van der Waals surface area contributed by atoms with Gasteiger partial charge in [0.2, 0.25) is 0 Å². The Morgan fingerprint density at radius 1 is 1.40 bits per heavy atom. The molecule has 1 aromatic heterocycles. The summed E-state index contributed by atoms with van der Waals surface area (Å²) in [6, 6.07) is 0. The molecule has 2 N–H and O–H groups in total. The lowest BCUT2D eigenvalue weighted by Gasteiger charge is -2.34. The van der Waals surface area contributed by atoms with Crippen LogP contribution in [-0.2, 0) is 13.0 Å². The van der Waals surface area contributed by atoms with Gasteiger partial charge in [-0.3, -0.25) is 4.99 Å². The van der Waals surface area contributed by atoms with Crippen molar-refractivity contribution < 1.29 is 0 Å². The van der Waals surface area contributed by atoms with Gasteiger partial charge in [-0.1, -0.05) is 20.8 Å². The first-order valence-electron chi connectivity index (χ1n) is 9.65. The zero-order valence-corrected chi connectivity index (χ0v) is 16.3. The van der Waals surface area contributed by atoms with Gasteiger partial charge in [0, 0.05) is 46.2 Å². The smallest absolute Gasteiger partial charge is 0.191 e. The van der Waals surface area contributed by atoms with Crippen LogP contribution >= 0.6 is 0 Å². The van der Waals surface area contributed by atoms with Crippen molar-refractivity contribution in [3.8, 4) is 0 Å². The normalized spacial score (nSPS) is 19.4. The summed E-state index contributed by atoms with van der Waals surface area (Å²) in [5, 5.41) is 15.0. The second-order valence-electron chi connectivity index (χ2n) is 7.34. The van der Waals surface area contributed by atoms with Crippen molar-refractivity contribution in [2.75, 3.05) is 39.8 Å². The maximum absolute atomic E-state index is 4.34. The van der Waals surface area contributed by atoms with Crippen molar-refractivity contribution in [3.63, 3.8) is 0 Å². The number of guanidine groups is 1. The number of hydrogen-bond acceptors (Lipinski definition) is 4. The molecule has 7 heteroatoms. The Bertz CT molecular complexity index is 523. The first-order chi connectivity index (χ1) is 12.1. The van der Waals surface area contributed by atoms with Crippen LogP contribution in [-0.4, -0.2) is 65.4 Å². The maximum atomic E-state index is 4.34. The van der Waals surface area contributed by atoms with E-state index in [-0.39, 0.29) is 0 Å². The van der Waals surface area contributed by atoms with Gasteiger partial charge in [0.15, 0.2) is 5.96 Å². The molecule has 7 nitrogen and oxygen atoms in total. The molecule has 0 aliphatic carbocycles. The highest BCUT2D eigenvalue weighted by Gasteiger charge is 2.20. The van der Waals surface area contributed by atoms with Gasteiger partial charge in [0.25, 0.3) is 0 Å². The van der Waals surface area contributed by atoms with Gasteiger partial charge in [0.05, 0.1) is 0 Å². The number of nitrogens with zero attached hydrogens (tertiary/aromatic N) is 5. The van der Waals surface area contributed by atoms with E-state index in [1.807, 2.05) is 7.05 Å². The molecule has 0 amide bonds. The van der Waals surface area contributed by atoms with E-state index in [1.165, 1.54) is 32.5 Å². The number of piperidine rings is 1. The Hall–Kier alpha value is -1.63.